The number of aliphatic carboxylic acids is 1. The van der Waals surface area contributed by atoms with Crippen LogP contribution in [0.15, 0.2) is 35.5 Å². The quantitative estimate of drug-likeness (QED) is 0.0571. The fraction of sp³-hybridized carbons (Fsp3) is 0.500. The third-order valence-corrected chi connectivity index (χ3v) is 7.12. The highest BCUT2D eigenvalue weighted by Gasteiger charge is 2.32. The van der Waals surface area contributed by atoms with E-state index in [0.29, 0.717) is 6.42 Å². The van der Waals surface area contributed by atoms with E-state index in [-0.39, 0.29) is 50.5 Å². The van der Waals surface area contributed by atoms with Crippen molar-refractivity contribution < 1.29 is 29.1 Å². The standard InChI is InChI=1S/C28H43N9O6/c1-3-15(2)23(27(42)43)37-26(41)20(9-6-12-33-28(31)32)36-25(40)21(10-11-22(30)38)35-24(39)18(29)13-16-14-34-19-8-5-4-7-17(16)19/h4-5,7-8,14-15,18,20-21,23,34H,3,6,9-13,29H2,1-2H3,(H2,30,38)(H,35,39)(H,36,40)(H,37,41)(H,42,43)(H4,31,32,33). The molecule has 43 heavy (non-hydrogen) atoms. The lowest BCUT2D eigenvalue weighted by Crippen LogP contribution is -2.58. The number of hydrogen-bond acceptors (Lipinski definition) is 7. The number of aromatic nitrogens is 1. The van der Waals surface area contributed by atoms with Crippen LogP contribution in [0.1, 0.15) is 51.5 Å². The van der Waals surface area contributed by atoms with Gasteiger partial charge in [0.1, 0.15) is 18.1 Å². The highest BCUT2D eigenvalue weighted by Crippen LogP contribution is 2.19. The molecule has 2 aromatic rings. The Morgan fingerprint density at radius 2 is 1.58 bits per heavy atom. The minimum atomic E-state index is -1.26. The van der Waals surface area contributed by atoms with E-state index in [1.54, 1.807) is 20.0 Å². The SMILES string of the molecule is CCC(C)C(NC(=O)C(CCCN=C(N)N)NC(=O)C(CCC(N)=O)NC(=O)C(N)Cc1c[nH]c2ccccc12)C(=O)O. The first kappa shape index (κ1) is 34.5. The number of carboxylic acid groups (broad SMARTS) is 1. The van der Waals surface area contributed by atoms with Gasteiger partial charge in [-0.15, -0.1) is 0 Å². The van der Waals surface area contributed by atoms with Crippen molar-refractivity contribution in [3.05, 3.63) is 36.0 Å². The Morgan fingerprint density at radius 3 is 2.21 bits per heavy atom. The Morgan fingerprint density at radius 1 is 0.953 bits per heavy atom. The number of aliphatic imine (C=N–C) groups is 1. The molecule has 0 aliphatic carbocycles. The lowest BCUT2D eigenvalue weighted by Gasteiger charge is -2.26. The summed E-state index contributed by atoms with van der Waals surface area (Å²) >= 11 is 0. The summed E-state index contributed by atoms with van der Waals surface area (Å²) in [6.07, 6.45) is 2.35. The molecule has 0 aliphatic rings. The first-order chi connectivity index (χ1) is 20.3. The largest absolute Gasteiger partial charge is 0.480 e. The topological polar surface area (TPSA) is 274 Å². The maximum atomic E-state index is 13.4. The predicted molar refractivity (Wildman–Crippen MR) is 161 cm³/mol. The van der Waals surface area contributed by atoms with Crippen LogP contribution in [0.5, 0.6) is 0 Å². The second kappa shape index (κ2) is 16.7. The molecule has 236 valence electrons. The molecule has 5 atom stereocenters. The van der Waals surface area contributed by atoms with Gasteiger partial charge in [0.25, 0.3) is 0 Å². The number of H-pyrrole nitrogens is 1. The van der Waals surface area contributed by atoms with E-state index in [4.69, 9.17) is 22.9 Å². The van der Waals surface area contributed by atoms with Gasteiger partial charge in [-0.25, -0.2) is 4.79 Å². The zero-order valence-corrected chi connectivity index (χ0v) is 24.5. The van der Waals surface area contributed by atoms with Crippen LogP contribution in [0.3, 0.4) is 0 Å². The Bertz CT molecular complexity index is 1310. The Kier molecular flexibility index (Phi) is 13.4. The van der Waals surface area contributed by atoms with Crippen LogP contribution >= 0.6 is 0 Å². The smallest absolute Gasteiger partial charge is 0.326 e. The Balaban J connectivity index is 2.20. The number of carbonyl (C=O) groups is 5. The average molecular weight is 602 g/mol. The molecule has 0 radical (unpaired) electrons. The number of rotatable bonds is 18. The lowest BCUT2D eigenvalue weighted by atomic mass is 9.98. The zero-order valence-electron chi connectivity index (χ0n) is 24.5. The third kappa shape index (κ3) is 10.9. The Labute approximate surface area is 249 Å². The number of amides is 4. The maximum Gasteiger partial charge on any atom is 0.326 e. The van der Waals surface area contributed by atoms with Gasteiger partial charge in [0.15, 0.2) is 5.96 Å². The van der Waals surface area contributed by atoms with E-state index in [0.717, 1.165) is 16.5 Å². The summed E-state index contributed by atoms with van der Waals surface area (Å²) in [7, 11) is 0. The van der Waals surface area contributed by atoms with Gasteiger partial charge in [0.2, 0.25) is 23.6 Å². The number of carboxylic acids is 1. The van der Waals surface area contributed by atoms with Gasteiger partial charge in [0.05, 0.1) is 6.04 Å². The first-order valence-corrected chi connectivity index (χ1v) is 14.1. The number of carbonyl (C=O) groups excluding carboxylic acids is 4. The van der Waals surface area contributed by atoms with E-state index in [2.05, 4.69) is 25.9 Å². The van der Waals surface area contributed by atoms with Crippen LogP contribution in [-0.4, -0.2) is 76.4 Å². The number of nitrogens with two attached hydrogens (primary N) is 4. The van der Waals surface area contributed by atoms with Crippen LogP contribution in [-0.2, 0) is 30.4 Å². The van der Waals surface area contributed by atoms with Crippen molar-refractivity contribution in [2.75, 3.05) is 6.54 Å². The number of guanidine groups is 1. The number of primary amides is 1. The molecule has 0 saturated carbocycles. The van der Waals surface area contributed by atoms with Crippen LogP contribution in [0.25, 0.3) is 10.9 Å². The van der Waals surface area contributed by atoms with Gasteiger partial charge in [-0.1, -0.05) is 38.5 Å². The molecule has 15 heteroatoms. The van der Waals surface area contributed by atoms with Crippen LogP contribution in [0.2, 0.25) is 0 Å². The van der Waals surface area contributed by atoms with E-state index < -0.39 is 53.8 Å². The monoisotopic (exact) mass is 601 g/mol. The molecule has 0 fully saturated rings. The highest BCUT2D eigenvalue weighted by atomic mass is 16.4. The average Bonchev–Trinajstić information content (AvgIpc) is 3.36. The van der Waals surface area contributed by atoms with Crippen molar-refractivity contribution in [1.29, 1.82) is 0 Å². The first-order valence-electron chi connectivity index (χ1n) is 14.1. The molecular weight excluding hydrogens is 558 g/mol. The van der Waals surface area contributed by atoms with Crippen molar-refractivity contribution in [2.24, 2.45) is 33.8 Å². The summed E-state index contributed by atoms with van der Waals surface area (Å²) in [5.41, 5.74) is 23.9. The summed E-state index contributed by atoms with van der Waals surface area (Å²) in [4.78, 5) is 69.9. The number of nitrogens with one attached hydrogen (secondary N) is 4. The third-order valence-electron chi connectivity index (χ3n) is 7.12. The van der Waals surface area contributed by atoms with Gasteiger partial charge in [0, 0.05) is 30.1 Å². The summed E-state index contributed by atoms with van der Waals surface area (Å²) in [5, 5.41) is 18.2. The number of aromatic amines is 1. The molecule has 1 aromatic heterocycles. The van der Waals surface area contributed by atoms with Gasteiger partial charge in [-0.3, -0.25) is 24.2 Å². The number of benzene rings is 1. The molecule has 0 aliphatic heterocycles. The predicted octanol–water partition coefficient (Wildman–Crippen LogP) is -1.06. The highest BCUT2D eigenvalue weighted by molar-refractivity contribution is 5.94. The summed E-state index contributed by atoms with van der Waals surface area (Å²) in [6, 6.07) is 2.84. The van der Waals surface area contributed by atoms with Crippen molar-refractivity contribution in [3.8, 4) is 0 Å². The fourth-order valence-corrected chi connectivity index (χ4v) is 4.45. The molecule has 0 bridgehead atoms. The van der Waals surface area contributed by atoms with Crippen LogP contribution in [0, 0.1) is 5.92 Å². The lowest BCUT2D eigenvalue weighted by molar-refractivity contribution is -0.144. The minimum absolute atomic E-state index is 0.0533. The van der Waals surface area contributed by atoms with Crippen molar-refractivity contribution >= 4 is 46.5 Å². The second-order valence-corrected chi connectivity index (χ2v) is 10.5. The van der Waals surface area contributed by atoms with Gasteiger partial charge < -0.3 is 49.0 Å². The summed E-state index contributed by atoms with van der Waals surface area (Å²) in [6.45, 7) is 3.62. The normalized spacial score (nSPS) is 14.5. The molecule has 13 N–H and O–H groups in total. The van der Waals surface area contributed by atoms with Crippen LogP contribution in [0.4, 0.5) is 0 Å². The fourth-order valence-electron chi connectivity index (χ4n) is 4.45. The van der Waals surface area contributed by atoms with Gasteiger partial charge in [-0.2, -0.15) is 0 Å². The van der Waals surface area contributed by atoms with Crippen molar-refractivity contribution in [2.45, 2.75) is 76.5 Å². The Hall–Kier alpha value is -4.66. The van der Waals surface area contributed by atoms with E-state index in [1.807, 2.05) is 24.3 Å². The van der Waals surface area contributed by atoms with E-state index in [9.17, 15) is 29.1 Å². The van der Waals surface area contributed by atoms with E-state index in [1.165, 1.54) is 0 Å². The van der Waals surface area contributed by atoms with E-state index >= 15 is 0 Å². The summed E-state index contributed by atoms with van der Waals surface area (Å²) < 4.78 is 0. The molecule has 4 amide bonds. The van der Waals surface area contributed by atoms with Crippen molar-refractivity contribution in [3.63, 3.8) is 0 Å². The second-order valence-electron chi connectivity index (χ2n) is 10.5. The summed E-state index contributed by atoms with van der Waals surface area (Å²) in [5.74, 6) is -4.60. The number of nitrogens with zero attached hydrogens (tertiary/aromatic N) is 1. The molecule has 15 nitrogen and oxygen atoms in total. The minimum Gasteiger partial charge on any atom is -0.480 e. The molecule has 5 unspecified atom stereocenters. The molecule has 0 spiro atoms. The molecule has 1 heterocycles. The molecule has 2 rings (SSSR count). The maximum absolute atomic E-state index is 13.4. The molecule has 1 aromatic carbocycles. The van der Waals surface area contributed by atoms with Crippen LogP contribution < -0.4 is 38.9 Å². The molecular formula is C28H43N9O6. The van der Waals surface area contributed by atoms with Gasteiger partial charge in [-0.05, 0) is 43.2 Å². The van der Waals surface area contributed by atoms with Crippen molar-refractivity contribution in [1.82, 2.24) is 20.9 Å². The number of hydrogen-bond donors (Lipinski definition) is 9. The van der Waals surface area contributed by atoms with Gasteiger partial charge >= 0.3 is 5.97 Å². The number of para-hydroxylation sites is 1. The zero-order chi connectivity index (χ0) is 32.1. The molecule has 0 saturated heterocycles. The number of fused-ring (bicyclic) bond motifs is 1.